The fraction of sp³-hybridized carbons (Fsp3) is 0.214. The number of nitrogens with zero attached hydrogens (tertiary/aromatic N) is 3. The Kier molecular flexibility index (Phi) is 4.06. The van der Waals surface area contributed by atoms with Crippen molar-refractivity contribution >= 4 is 11.6 Å². The highest BCUT2D eigenvalue weighted by molar-refractivity contribution is 5.55. The van der Waals surface area contributed by atoms with Crippen molar-refractivity contribution in [2.45, 2.75) is 19.9 Å². The number of anilines is 2. The maximum Gasteiger partial charge on any atom is 0.227 e. The van der Waals surface area contributed by atoms with Crippen LogP contribution in [0.25, 0.3) is 0 Å². The molecule has 0 bridgehead atoms. The Labute approximate surface area is 112 Å². The molecule has 0 saturated carbocycles. The molecule has 0 radical (unpaired) electrons. The zero-order valence-electron chi connectivity index (χ0n) is 10.7. The molecule has 2 rings (SSSR count). The number of rotatable bonds is 4. The molecule has 0 spiro atoms. The van der Waals surface area contributed by atoms with Crippen LogP contribution in [-0.4, -0.2) is 9.97 Å². The van der Waals surface area contributed by atoms with Crippen LogP contribution in [-0.2, 0) is 13.0 Å². The number of hydrogen-bond acceptors (Lipinski definition) is 5. The topological polar surface area (TPSA) is 87.6 Å². The second-order valence-electron chi connectivity index (χ2n) is 4.04. The summed E-state index contributed by atoms with van der Waals surface area (Å²) in [6, 6.07) is 9.20. The van der Waals surface area contributed by atoms with E-state index in [2.05, 4.69) is 21.4 Å². The average Bonchev–Trinajstić information content (AvgIpc) is 2.48. The lowest BCUT2D eigenvalue weighted by Crippen LogP contribution is -2.08. The number of nitrogens with one attached hydrogen (secondary N) is 1. The number of aromatic nitrogens is 2. The second-order valence-corrected chi connectivity index (χ2v) is 4.04. The summed E-state index contributed by atoms with van der Waals surface area (Å²) in [5, 5.41) is 11.8. The summed E-state index contributed by atoms with van der Waals surface area (Å²) in [5.74, 6) is 0.516. The van der Waals surface area contributed by atoms with E-state index in [-0.39, 0.29) is 0 Å². The van der Waals surface area contributed by atoms with Gasteiger partial charge in [-0.3, -0.25) is 0 Å². The van der Waals surface area contributed by atoms with Gasteiger partial charge in [0.25, 0.3) is 0 Å². The van der Waals surface area contributed by atoms with Crippen molar-refractivity contribution in [3.63, 3.8) is 0 Å². The predicted molar refractivity (Wildman–Crippen MR) is 73.7 cm³/mol. The SMILES string of the molecule is CCc1cnc(Nc2ccc(C#N)cc2)nc1CN. The van der Waals surface area contributed by atoms with E-state index >= 15 is 0 Å². The van der Waals surface area contributed by atoms with E-state index in [1.54, 1.807) is 18.3 Å². The Bertz CT molecular complexity index is 598. The average molecular weight is 253 g/mol. The maximum absolute atomic E-state index is 8.74. The molecule has 1 aromatic carbocycles. The van der Waals surface area contributed by atoms with Gasteiger partial charge in [-0.05, 0) is 36.2 Å². The van der Waals surface area contributed by atoms with Crippen molar-refractivity contribution in [2.75, 3.05) is 5.32 Å². The molecule has 5 heteroatoms. The van der Waals surface area contributed by atoms with Gasteiger partial charge in [-0.1, -0.05) is 6.92 Å². The normalized spacial score (nSPS) is 9.95. The zero-order chi connectivity index (χ0) is 13.7. The molecule has 0 aliphatic heterocycles. The Morgan fingerprint density at radius 2 is 2.05 bits per heavy atom. The van der Waals surface area contributed by atoms with Gasteiger partial charge in [0.2, 0.25) is 5.95 Å². The fourth-order valence-corrected chi connectivity index (χ4v) is 1.73. The highest BCUT2D eigenvalue weighted by atomic mass is 15.1. The van der Waals surface area contributed by atoms with Crippen molar-refractivity contribution in [1.29, 1.82) is 5.26 Å². The Hall–Kier alpha value is -2.45. The first-order valence-corrected chi connectivity index (χ1v) is 6.09. The fourth-order valence-electron chi connectivity index (χ4n) is 1.73. The third-order valence-corrected chi connectivity index (χ3v) is 2.80. The highest BCUT2D eigenvalue weighted by Crippen LogP contribution is 2.15. The minimum Gasteiger partial charge on any atom is -0.325 e. The van der Waals surface area contributed by atoms with Crippen molar-refractivity contribution in [3.05, 3.63) is 47.3 Å². The smallest absolute Gasteiger partial charge is 0.227 e. The molecule has 0 saturated heterocycles. The maximum atomic E-state index is 8.74. The lowest BCUT2D eigenvalue weighted by molar-refractivity contribution is 0.912. The van der Waals surface area contributed by atoms with Gasteiger partial charge in [0.15, 0.2) is 0 Å². The molecule has 0 unspecified atom stereocenters. The van der Waals surface area contributed by atoms with E-state index in [4.69, 9.17) is 11.0 Å². The number of nitrogens with two attached hydrogens (primary N) is 1. The van der Waals surface area contributed by atoms with E-state index in [0.29, 0.717) is 18.1 Å². The molecule has 5 nitrogen and oxygen atoms in total. The monoisotopic (exact) mass is 253 g/mol. The molecular weight excluding hydrogens is 238 g/mol. The lowest BCUT2D eigenvalue weighted by Gasteiger charge is -2.08. The molecule has 1 heterocycles. The van der Waals surface area contributed by atoms with Crippen LogP contribution in [0, 0.1) is 11.3 Å². The molecule has 1 aromatic heterocycles. The molecule has 0 fully saturated rings. The molecule has 0 aliphatic carbocycles. The quantitative estimate of drug-likeness (QED) is 0.871. The van der Waals surface area contributed by atoms with E-state index in [1.165, 1.54) is 0 Å². The summed E-state index contributed by atoms with van der Waals surface area (Å²) in [4.78, 5) is 8.64. The Morgan fingerprint density at radius 1 is 1.32 bits per heavy atom. The summed E-state index contributed by atoms with van der Waals surface area (Å²) >= 11 is 0. The largest absolute Gasteiger partial charge is 0.325 e. The minimum absolute atomic E-state index is 0.397. The van der Waals surface area contributed by atoms with Crippen LogP contribution in [0.15, 0.2) is 30.5 Å². The second kappa shape index (κ2) is 5.94. The summed E-state index contributed by atoms with van der Waals surface area (Å²) in [5.41, 5.74) is 9.05. The van der Waals surface area contributed by atoms with E-state index < -0.39 is 0 Å². The molecule has 0 atom stereocenters. The van der Waals surface area contributed by atoms with E-state index in [0.717, 1.165) is 23.4 Å². The van der Waals surface area contributed by atoms with Gasteiger partial charge in [-0.15, -0.1) is 0 Å². The standard InChI is InChI=1S/C14H15N5/c1-2-11-9-17-14(19-13(11)8-16)18-12-5-3-10(7-15)4-6-12/h3-6,9H,2,8,16H2,1H3,(H,17,18,19). The van der Waals surface area contributed by atoms with Crippen molar-refractivity contribution < 1.29 is 0 Å². The van der Waals surface area contributed by atoms with Gasteiger partial charge in [-0.2, -0.15) is 5.26 Å². The third-order valence-electron chi connectivity index (χ3n) is 2.80. The van der Waals surface area contributed by atoms with Crippen LogP contribution in [0.1, 0.15) is 23.7 Å². The highest BCUT2D eigenvalue weighted by Gasteiger charge is 2.04. The first-order chi connectivity index (χ1) is 9.26. The number of aryl methyl sites for hydroxylation is 1. The van der Waals surface area contributed by atoms with Crippen LogP contribution in [0.5, 0.6) is 0 Å². The summed E-state index contributed by atoms with van der Waals surface area (Å²) in [6.45, 7) is 2.44. The molecule has 96 valence electrons. The Morgan fingerprint density at radius 3 is 2.63 bits per heavy atom. The number of benzene rings is 1. The predicted octanol–water partition coefficient (Wildman–Crippen LogP) is 2.11. The summed E-state index contributed by atoms with van der Waals surface area (Å²) in [6.07, 6.45) is 2.66. The first-order valence-electron chi connectivity index (χ1n) is 6.09. The van der Waals surface area contributed by atoms with Crippen LogP contribution in [0.3, 0.4) is 0 Å². The van der Waals surface area contributed by atoms with Crippen molar-refractivity contribution in [2.24, 2.45) is 5.73 Å². The number of nitriles is 1. The van der Waals surface area contributed by atoms with E-state index in [1.807, 2.05) is 19.1 Å². The Balaban J connectivity index is 2.20. The van der Waals surface area contributed by atoms with Crippen LogP contribution < -0.4 is 11.1 Å². The van der Waals surface area contributed by atoms with Crippen molar-refractivity contribution in [3.8, 4) is 6.07 Å². The summed E-state index contributed by atoms with van der Waals surface area (Å²) < 4.78 is 0. The molecule has 3 N–H and O–H groups in total. The summed E-state index contributed by atoms with van der Waals surface area (Å²) in [7, 11) is 0. The van der Waals surface area contributed by atoms with Crippen molar-refractivity contribution in [1.82, 2.24) is 9.97 Å². The first kappa shape index (κ1) is 13.0. The van der Waals surface area contributed by atoms with Gasteiger partial charge < -0.3 is 11.1 Å². The van der Waals surface area contributed by atoms with Gasteiger partial charge in [0.1, 0.15) is 0 Å². The van der Waals surface area contributed by atoms with Gasteiger partial charge in [0, 0.05) is 18.4 Å². The van der Waals surface area contributed by atoms with Gasteiger partial charge in [0.05, 0.1) is 17.3 Å². The molecule has 0 amide bonds. The van der Waals surface area contributed by atoms with Crippen LogP contribution in [0.4, 0.5) is 11.6 Å². The van der Waals surface area contributed by atoms with Gasteiger partial charge in [-0.25, -0.2) is 9.97 Å². The van der Waals surface area contributed by atoms with Crippen LogP contribution >= 0.6 is 0 Å². The van der Waals surface area contributed by atoms with Crippen LogP contribution in [0.2, 0.25) is 0 Å². The third kappa shape index (κ3) is 3.06. The molecule has 19 heavy (non-hydrogen) atoms. The lowest BCUT2D eigenvalue weighted by atomic mass is 10.2. The molecular formula is C14H15N5. The zero-order valence-corrected chi connectivity index (χ0v) is 10.7. The molecule has 2 aromatic rings. The number of hydrogen-bond donors (Lipinski definition) is 2. The minimum atomic E-state index is 0.397. The van der Waals surface area contributed by atoms with E-state index in [9.17, 15) is 0 Å². The molecule has 0 aliphatic rings. The van der Waals surface area contributed by atoms with Gasteiger partial charge >= 0.3 is 0 Å².